The summed E-state index contributed by atoms with van der Waals surface area (Å²) < 4.78 is 35.1. The lowest BCUT2D eigenvalue weighted by Crippen LogP contribution is -2.20. The summed E-state index contributed by atoms with van der Waals surface area (Å²) in [5.74, 6) is -0.816. The van der Waals surface area contributed by atoms with Crippen molar-refractivity contribution in [2.24, 2.45) is 5.10 Å². The molecule has 0 atom stereocenters. The predicted octanol–water partition coefficient (Wildman–Crippen LogP) is 3.27. The second-order valence-corrected chi connectivity index (χ2v) is 3.68. The van der Waals surface area contributed by atoms with Crippen LogP contribution in [0.1, 0.15) is 10.4 Å². The van der Waals surface area contributed by atoms with Gasteiger partial charge in [-0.05, 0) is 18.2 Å². The molecular weight excluding hydrogens is 280 g/mol. The number of alkyl halides is 3. The molecule has 92 valence electrons. The van der Waals surface area contributed by atoms with E-state index in [0.717, 1.165) is 0 Å². The second kappa shape index (κ2) is 5.37. The first-order valence-corrected chi connectivity index (χ1v) is 4.91. The Labute approximate surface area is 104 Å². The molecule has 0 spiro atoms. The summed E-state index contributed by atoms with van der Waals surface area (Å²) in [4.78, 5) is 11.3. The average Bonchev–Trinajstić information content (AvgIpc) is 2.20. The van der Waals surface area contributed by atoms with Gasteiger partial charge < -0.3 is 0 Å². The third-order valence-corrected chi connectivity index (χ3v) is 2.30. The Balaban J connectivity index is 2.71. The van der Waals surface area contributed by atoms with Gasteiger partial charge >= 0.3 is 6.18 Å². The van der Waals surface area contributed by atoms with Crippen LogP contribution in [0.2, 0.25) is 10.0 Å². The molecule has 0 saturated carbocycles. The van der Waals surface area contributed by atoms with E-state index >= 15 is 0 Å². The zero-order valence-corrected chi connectivity index (χ0v) is 9.57. The summed E-state index contributed by atoms with van der Waals surface area (Å²) in [6.45, 7) is 0. The van der Waals surface area contributed by atoms with Gasteiger partial charge in [0.1, 0.15) is 6.21 Å². The lowest BCUT2D eigenvalue weighted by Gasteiger charge is -2.02. The Kier molecular flexibility index (Phi) is 4.36. The third-order valence-electron chi connectivity index (χ3n) is 1.56. The quantitative estimate of drug-likeness (QED) is 0.657. The monoisotopic (exact) mass is 284 g/mol. The van der Waals surface area contributed by atoms with Crippen LogP contribution in [0.4, 0.5) is 13.2 Å². The molecule has 1 aromatic carbocycles. The van der Waals surface area contributed by atoms with Gasteiger partial charge in [0, 0.05) is 5.56 Å². The maximum atomic E-state index is 11.7. The van der Waals surface area contributed by atoms with Crippen molar-refractivity contribution in [1.29, 1.82) is 0 Å². The molecular formula is C9H5Cl2F3N2O. The number of hydrogen-bond donors (Lipinski definition) is 1. The zero-order valence-electron chi connectivity index (χ0n) is 8.05. The molecule has 1 N–H and O–H groups in total. The molecule has 0 aliphatic carbocycles. The maximum absolute atomic E-state index is 11.7. The molecule has 0 bridgehead atoms. The van der Waals surface area contributed by atoms with E-state index < -0.39 is 12.1 Å². The fourth-order valence-electron chi connectivity index (χ4n) is 0.866. The number of carbonyl (C=O) groups is 1. The molecule has 1 aromatic rings. The Morgan fingerprint density at radius 3 is 2.47 bits per heavy atom. The minimum Gasteiger partial charge on any atom is -0.267 e. The molecule has 8 heteroatoms. The summed E-state index contributed by atoms with van der Waals surface area (Å²) in [6, 6.07) is 3.89. The van der Waals surface area contributed by atoms with Crippen LogP contribution in [-0.2, 0) is 0 Å². The van der Waals surface area contributed by atoms with Gasteiger partial charge in [-0.2, -0.15) is 18.3 Å². The molecule has 17 heavy (non-hydrogen) atoms. The third kappa shape index (κ3) is 4.62. The normalized spacial score (nSPS) is 11.8. The van der Waals surface area contributed by atoms with Crippen LogP contribution >= 0.6 is 23.2 Å². The van der Waals surface area contributed by atoms with E-state index in [4.69, 9.17) is 23.2 Å². The summed E-state index contributed by atoms with van der Waals surface area (Å²) in [6.07, 6.45) is -4.91. The average molecular weight is 285 g/mol. The van der Waals surface area contributed by atoms with E-state index in [9.17, 15) is 18.0 Å². The summed E-state index contributed by atoms with van der Waals surface area (Å²) >= 11 is 11.2. The number of nitrogens with one attached hydrogen (secondary N) is 1. The number of benzene rings is 1. The highest BCUT2D eigenvalue weighted by Crippen LogP contribution is 2.22. The van der Waals surface area contributed by atoms with Crippen LogP contribution < -0.4 is 5.43 Å². The molecule has 0 aliphatic heterocycles. The Morgan fingerprint density at radius 2 is 1.94 bits per heavy atom. The lowest BCUT2D eigenvalue weighted by atomic mass is 10.2. The molecule has 0 aliphatic rings. The van der Waals surface area contributed by atoms with Crippen molar-refractivity contribution >= 4 is 35.3 Å². The minimum absolute atomic E-state index is 0.0544. The van der Waals surface area contributed by atoms with Crippen molar-refractivity contribution < 1.29 is 18.0 Å². The summed E-state index contributed by atoms with van der Waals surface area (Å²) in [5, 5.41) is 3.11. The number of nitrogens with zero attached hydrogens (tertiary/aromatic N) is 1. The zero-order chi connectivity index (χ0) is 13.1. The topological polar surface area (TPSA) is 41.5 Å². The van der Waals surface area contributed by atoms with Crippen molar-refractivity contribution in [3.63, 3.8) is 0 Å². The molecule has 0 saturated heterocycles. The van der Waals surface area contributed by atoms with E-state index in [1.54, 1.807) is 5.43 Å². The van der Waals surface area contributed by atoms with Crippen LogP contribution in [0, 0.1) is 0 Å². The van der Waals surface area contributed by atoms with Crippen molar-refractivity contribution in [1.82, 2.24) is 5.43 Å². The number of hydrogen-bond acceptors (Lipinski definition) is 2. The van der Waals surface area contributed by atoms with E-state index in [1.807, 2.05) is 0 Å². The highest BCUT2D eigenvalue weighted by atomic mass is 35.5. The molecule has 0 radical (unpaired) electrons. The van der Waals surface area contributed by atoms with E-state index in [0.29, 0.717) is 0 Å². The van der Waals surface area contributed by atoms with Gasteiger partial charge in [-0.1, -0.05) is 23.2 Å². The fourth-order valence-corrected chi connectivity index (χ4v) is 1.16. The van der Waals surface area contributed by atoms with Crippen molar-refractivity contribution in [3.8, 4) is 0 Å². The standard InChI is InChI=1S/C9H5Cl2F3N2O/c10-6-2-1-5(3-7(6)11)8(17)16-15-4-9(12,13)14/h1-4H,(H,16,17)/b15-4+. The first-order valence-electron chi connectivity index (χ1n) is 4.16. The van der Waals surface area contributed by atoms with Crippen LogP contribution in [-0.4, -0.2) is 18.3 Å². The molecule has 0 unspecified atom stereocenters. The first-order chi connectivity index (χ1) is 7.79. The molecule has 0 heterocycles. The van der Waals surface area contributed by atoms with Gasteiger partial charge in [-0.3, -0.25) is 4.79 Å². The summed E-state index contributed by atoms with van der Waals surface area (Å²) in [5.41, 5.74) is 1.77. The molecule has 1 rings (SSSR count). The molecule has 3 nitrogen and oxygen atoms in total. The van der Waals surface area contributed by atoms with E-state index in [-0.39, 0.29) is 21.8 Å². The van der Waals surface area contributed by atoms with Crippen molar-refractivity contribution in [2.75, 3.05) is 0 Å². The van der Waals surface area contributed by atoms with Crippen LogP contribution in [0.3, 0.4) is 0 Å². The van der Waals surface area contributed by atoms with Crippen LogP contribution in [0.25, 0.3) is 0 Å². The van der Waals surface area contributed by atoms with Gasteiger partial charge in [0.2, 0.25) is 0 Å². The van der Waals surface area contributed by atoms with Gasteiger partial charge in [-0.25, -0.2) is 5.43 Å². The Hall–Kier alpha value is -1.27. The van der Waals surface area contributed by atoms with Crippen molar-refractivity contribution in [2.45, 2.75) is 6.18 Å². The van der Waals surface area contributed by atoms with Gasteiger partial charge in [0.25, 0.3) is 5.91 Å². The van der Waals surface area contributed by atoms with E-state index in [2.05, 4.69) is 5.10 Å². The van der Waals surface area contributed by atoms with Gasteiger partial charge in [0.05, 0.1) is 10.0 Å². The number of halogens is 5. The minimum atomic E-state index is -4.58. The number of hydrazone groups is 1. The lowest BCUT2D eigenvalue weighted by molar-refractivity contribution is -0.0538. The highest BCUT2D eigenvalue weighted by molar-refractivity contribution is 6.42. The largest absolute Gasteiger partial charge is 0.428 e. The number of carbonyl (C=O) groups excluding carboxylic acids is 1. The number of amides is 1. The Morgan fingerprint density at radius 1 is 1.29 bits per heavy atom. The smallest absolute Gasteiger partial charge is 0.267 e. The molecule has 1 amide bonds. The molecule has 0 aromatic heterocycles. The first kappa shape index (κ1) is 13.8. The fraction of sp³-hybridized carbons (Fsp3) is 0.111. The predicted molar refractivity (Wildman–Crippen MR) is 58.5 cm³/mol. The Bertz CT molecular complexity index is 460. The molecule has 0 fully saturated rings. The van der Waals surface area contributed by atoms with Crippen LogP contribution in [0.5, 0.6) is 0 Å². The van der Waals surface area contributed by atoms with Gasteiger partial charge in [-0.15, -0.1) is 0 Å². The maximum Gasteiger partial charge on any atom is 0.428 e. The second-order valence-electron chi connectivity index (χ2n) is 2.87. The van der Waals surface area contributed by atoms with Crippen molar-refractivity contribution in [3.05, 3.63) is 33.8 Å². The van der Waals surface area contributed by atoms with E-state index in [1.165, 1.54) is 18.2 Å². The SMILES string of the molecule is O=C(N/N=C/C(F)(F)F)c1ccc(Cl)c(Cl)c1. The van der Waals surface area contributed by atoms with Crippen LogP contribution in [0.15, 0.2) is 23.3 Å². The van der Waals surface area contributed by atoms with Gasteiger partial charge in [0.15, 0.2) is 0 Å². The highest BCUT2D eigenvalue weighted by Gasteiger charge is 2.23. The number of rotatable bonds is 2. The summed E-state index contributed by atoms with van der Waals surface area (Å²) in [7, 11) is 0.